The van der Waals surface area contributed by atoms with E-state index in [1.165, 1.54) is 51.4 Å². The van der Waals surface area contributed by atoms with Gasteiger partial charge in [-0.3, -0.25) is 40.9 Å². The van der Waals surface area contributed by atoms with Gasteiger partial charge in [-0.1, -0.05) is 130 Å². The van der Waals surface area contributed by atoms with Gasteiger partial charge in [0, 0.05) is 11.8 Å². The summed E-state index contributed by atoms with van der Waals surface area (Å²) < 4.78 is 0. The number of nitrogens with one attached hydrogen (secondary N) is 4. The molecule has 0 spiro atoms. The van der Waals surface area contributed by atoms with Crippen LogP contribution in [0.4, 0.5) is 0 Å². The Labute approximate surface area is 312 Å². The number of hydrazine groups is 2. The number of phenolic OH excluding ortho intramolecular Hbond substituents is 2. The number of amides is 4. The summed E-state index contributed by atoms with van der Waals surface area (Å²) in [5, 5.41) is 21.0. The quantitative estimate of drug-likeness (QED) is 0.0445. The molecule has 2 atom stereocenters. The first-order valence-corrected chi connectivity index (χ1v) is 19.9. The zero-order valence-corrected chi connectivity index (χ0v) is 32.3. The van der Waals surface area contributed by atoms with Gasteiger partial charge in [-0.05, 0) is 73.9 Å². The van der Waals surface area contributed by atoms with E-state index in [1.807, 2.05) is 12.1 Å². The first-order valence-electron chi connectivity index (χ1n) is 19.9. The van der Waals surface area contributed by atoms with Gasteiger partial charge in [0.15, 0.2) is 0 Å². The second-order valence-electron chi connectivity index (χ2n) is 14.3. The average Bonchev–Trinajstić information content (AvgIpc) is 3.13. The van der Waals surface area contributed by atoms with Gasteiger partial charge < -0.3 is 10.2 Å². The van der Waals surface area contributed by atoms with Crippen LogP contribution >= 0.6 is 0 Å². The Hall–Kier alpha value is -4.08. The summed E-state index contributed by atoms with van der Waals surface area (Å²) in [7, 11) is 0. The molecule has 0 aromatic heterocycles. The predicted octanol–water partition coefficient (Wildman–Crippen LogP) is 8.74. The van der Waals surface area contributed by atoms with Crippen LogP contribution in [-0.4, -0.2) is 33.8 Å². The van der Waals surface area contributed by atoms with E-state index in [0.717, 1.165) is 75.3 Å². The van der Waals surface area contributed by atoms with Gasteiger partial charge in [0.1, 0.15) is 11.5 Å². The zero-order chi connectivity index (χ0) is 38.1. The minimum atomic E-state index is -0.644. The fourth-order valence-corrected chi connectivity index (χ4v) is 6.37. The highest BCUT2D eigenvalue weighted by atomic mass is 16.3. The van der Waals surface area contributed by atoms with Crippen LogP contribution in [0, 0.1) is 11.8 Å². The maximum Gasteiger partial charge on any atom is 0.273 e. The molecule has 0 fully saturated rings. The van der Waals surface area contributed by atoms with Crippen molar-refractivity contribution < 1.29 is 29.4 Å². The molecule has 0 aliphatic heterocycles. The fraction of sp³-hybridized carbons (Fsp3) is 0.619. The molecule has 4 amide bonds. The summed E-state index contributed by atoms with van der Waals surface area (Å²) in [5.74, 6) is -3.69. The van der Waals surface area contributed by atoms with Crippen LogP contribution in [0.25, 0.3) is 0 Å². The lowest BCUT2D eigenvalue weighted by atomic mass is 9.90. The molecule has 10 nitrogen and oxygen atoms in total. The van der Waals surface area contributed by atoms with Crippen LogP contribution < -0.4 is 21.7 Å². The van der Waals surface area contributed by atoms with Crippen molar-refractivity contribution in [1.82, 2.24) is 21.7 Å². The molecule has 6 N–H and O–H groups in total. The van der Waals surface area contributed by atoms with E-state index >= 15 is 0 Å². The number of aromatic hydroxyl groups is 2. The molecule has 2 unspecified atom stereocenters. The minimum Gasteiger partial charge on any atom is -0.507 e. The monoisotopic (exact) mass is 722 g/mol. The van der Waals surface area contributed by atoms with Crippen molar-refractivity contribution >= 4 is 23.6 Å². The molecule has 0 aliphatic rings. The lowest BCUT2D eigenvalue weighted by Crippen LogP contribution is -2.47. The third-order valence-corrected chi connectivity index (χ3v) is 9.71. The Bertz CT molecular complexity index is 1380. The number of aryl methyl sites for hydroxylation is 2. The summed E-state index contributed by atoms with van der Waals surface area (Å²) in [6.07, 6.45) is 20.2. The van der Waals surface area contributed by atoms with Gasteiger partial charge in [0.05, 0.1) is 11.1 Å². The third kappa shape index (κ3) is 17.0. The second kappa shape index (κ2) is 25.8. The molecule has 10 heteroatoms. The number of carbonyl (C=O) groups is 4. The van der Waals surface area contributed by atoms with Crippen molar-refractivity contribution in [3.8, 4) is 11.5 Å². The van der Waals surface area contributed by atoms with Crippen molar-refractivity contribution in [2.24, 2.45) is 11.8 Å². The van der Waals surface area contributed by atoms with Gasteiger partial charge in [-0.15, -0.1) is 0 Å². The van der Waals surface area contributed by atoms with E-state index in [0.29, 0.717) is 6.42 Å². The van der Waals surface area contributed by atoms with Gasteiger partial charge >= 0.3 is 0 Å². The van der Waals surface area contributed by atoms with Gasteiger partial charge in [-0.25, -0.2) is 0 Å². The van der Waals surface area contributed by atoms with Gasteiger partial charge in [0.2, 0.25) is 11.8 Å². The maximum atomic E-state index is 13.3. The van der Waals surface area contributed by atoms with E-state index < -0.39 is 35.5 Å². The topological polar surface area (TPSA) is 157 Å². The van der Waals surface area contributed by atoms with E-state index in [9.17, 15) is 29.4 Å². The number of phenols is 2. The third-order valence-electron chi connectivity index (χ3n) is 9.71. The molecule has 0 bridgehead atoms. The highest BCUT2D eigenvalue weighted by molar-refractivity contribution is 5.98. The lowest BCUT2D eigenvalue weighted by molar-refractivity contribution is -0.129. The summed E-state index contributed by atoms with van der Waals surface area (Å²) in [6, 6.07) is 9.97. The molecule has 2 aromatic rings. The molecule has 52 heavy (non-hydrogen) atoms. The zero-order valence-electron chi connectivity index (χ0n) is 32.3. The molecule has 290 valence electrons. The van der Waals surface area contributed by atoms with E-state index in [2.05, 4.69) is 42.5 Å². The first-order chi connectivity index (χ1) is 25.1. The smallest absolute Gasteiger partial charge is 0.273 e. The van der Waals surface area contributed by atoms with Crippen LogP contribution in [0.2, 0.25) is 0 Å². The van der Waals surface area contributed by atoms with Crippen LogP contribution in [0.5, 0.6) is 11.5 Å². The van der Waals surface area contributed by atoms with Crippen molar-refractivity contribution in [1.29, 1.82) is 0 Å². The average molecular weight is 723 g/mol. The highest BCUT2D eigenvalue weighted by Gasteiger charge is 2.26. The number of unbranched alkanes of at least 4 members (excludes halogenated alkanes) is 13. The molecule has 2 rings (SSSR count). The molecular weight excluding hydrogens is 656 g/mol. The second-order valence-corrected chi connectivity index (χ2v) is 14.3. The molecule has 0 saturated carbocycles. The van der Waals surface area contributed by atoms with Crippen LogP contribution in [-0.2, 0) is 22.4 Å². The molecule has 0 radical (unpaired) electrons. The summed E-state index contributed by atoms with van der Waals surface area (Å²) >= 11 is 0. The van der Waals surface area contributed by atoms with Crippen molar-refractivity contribution in [2.75, 3.05) is 0 Å². The predicted molar refractivity (Wildman–Crippen MR) is 208 cm³/mol. The molecule has 0 heterocycles. The Balaban J connectivity index is 1.89. The molecule has 2 aromatic carbocycles. The molecule has 0 saturated heterocycles. The van der Waals surface area contributed by atoms with E-state index in [1.54, 1.807) is 31.2 Å². The molecule has 0 aliphatic carbocycles. The first kappa shape index (κ1) is 44.1. The largest absolute Gasteiger partial charge is 0.507 e. The van der Waals surface area contributed by atoms with E-state index in [-0.39, 0.29) is 29.0 Å². The normalized spacial score (nSPS) is 12.2. The Morgan fingerprint density at radius 2 is 0.942 bits per heavy atom. The Morgan fingerprint density at radius 3 is 1.38 bits per heavy atom. The van der Waals surface area contributed by atoms with Gasteiger partial charge in [0.25, 0.3) is 11.8 Å². The number of carbonyl (C=O) groups excluding carboxylic acids is 4. The van der Waals surface area contributed by atoms with Crippen molar-refractivity contribution in [3.05, 3.63) is 58.7 Å². The number of hydrogen-bond acceptors (Lipinski definition) is 6. The lowest BCUT2D eigenvalue weighted by Gasteiger charge is -2.21. The number of rotatable bonds is 25. The Morgan fingerprint density at radius 1 is 0.538 bits per heavy atom. The highest BCUT2D eigenvalue weighted by Crippen LogP contribution is 2.23. The number of hydrogen-bond donors (Lipinski definition) is 6. The summed E-state index contributed by atoms with van der Waals surface area (Å²) in [5.41, 5.74) is 11.8. The fourth-order valence-electron chi connectivity index (χ4n) is 6.37. The molecular formula is C42H66N4O6. The minimum absolute atomic E-state index is 0.0575. The summed E-state index contributed by atoms with van der Waals surface area (Å²) in [6.45, 7) is 8.15. The van der Waals surface area contributed by atoms with Crippen molar-refractivity contribution in [2.45, 2.75) is 156 Å². The number of benzene rings is 2. The Kier molecular flexibility index (Phi) is 21.9. The van der Waals surface area contributed by atoms with Crippen LogP contribution in [0.3, 0.4) is 0 Å². The SMILES string of the molecule is CCCCCCCCc1ccc(C(=O)NNC(=O)C(C)CC(CCCCCC)C(=O)NNC(=O)c2ccc(CCCCCCCC)cc2O)c(O)c1. The van der Waals surface area contributed by atoms with Crippen LogP contribution in [0.15, 0.2) is 36.4 Å². The van der Waals surface area contributed by atoms with Crippen LogP contribution in [0.1, 0.15) is 175 Å². The summed E-state index contributed by atoms with van der Waals surface area (Å²) in [4.78, 5) is 51.9. The standard InChI is InChI=1S/C42H66N4O6/c1-5-8-11-14-16-18-21-32-24-26-35(37(47)29-32)41(51)45-43-39(49)31(4)28-34(23-20-13-10-7-3)40(50)44-46-42(52)36-27-25-33(30-38(36)48)22-19-17-15-12-9-6-2/h24-27,29-31,34,47-48H,5-23,28H2,1-4H3,(H,43,49)(H,44,50)(H,45,51)(H,46,52). The maximum absolute atomic E-state index is 13.3. The van der Waals surface area contributed by atoms with Crippen molar-refractivity contribution in [3.63, 3.8) is 0 Å². The van der Waals surface area contributed by atoms with E-state index in [4.69, 9.17) is 0 Å². The van der Waals surface area contributed by atoms with Gasteiger partial charge in [-0.2, -0.15) is 0 Å².